The highest BCUT2D eigenvalue weighted by Gasteiger charge is 2.28. The molecule has 0 aromatic rings. The van der Waals surface area contributed by atoms with Crippen LogP contribution in [0.15, 0.2) is 12.2 Å². The summed E-state index contributed by atoms with van der Waals surface area (Å²) in [6.45, 7) is 8.65. The Morgan fingerprint density at radius 2 is 2.12 bits per heavy atom. The minimum absolute atomic E-state index is 0.178. The molecule has 0 radical (unpaired) electrons. The molecule has 0 aromatic heterocycles. The van der Waals surface area contributed by atoms with Crippen LogP contribution in [0.5, 0.6) is 0 Å². The van der Waals surface area contributed by atoms with Crippen molar-refractivity contribution in [3.63, 3.8) is 0 Å². The van der Waals surface area contributed by atoms with Crippen LogP contribution in [0.3, 0.4) is 0 Å². The summed E-state index contributed by atoms with van der Waals surface area (Å²) >= 11 is 0. The van der Waals surface area contributed by atoms with Crippen molar-refractivity contribution in [3.8, 4) is 0 Å². The van der Waals surface area contributed by atoms with Gasteiger partial charge in [0.05, 0.1) is 6.04 Å². The zero-order chi connectivity index (χ0) is 12.9. The van der Waals surface area contributed by atoms with Gasteiger partial charge in [-0.3, -0.25) is 0 Å². The number of hydrogen-bond donors (Lipinski definition) is 0. The van der Waals surface area contributed by atoms with Crippen LogP contribution in [0.1, 0.15) is 53.4 Å². The van der Waals surface area contributed by atoms with E-state index in [2.05, 4.69) is 19.1 Å². The quantitative estimate of drug-likeness (QED) is 0.687. The van der Waals surface area contributed by atoms with Gasteiger partial charge >= 0.3 is 6.09 Å². The lowest BCUT2D eigenvalue weighted by molar-refractivity contribution is 0.0149. The summed E-state index contributed by atoms with van der Waals surface area (Å²) in [6.07, 6.45) is 8.43. The second kappa shape index (κ2) is 6.08. The number of piperidine rings is 1. The first-order valence-electron chi connectivity index (χ1n) is 6.60. The van der Waals surface area contributed by atoms with Crippen molar-refractivity contribution in [3.05, 3.63) is 12.2 Å². The molecule has 1 heterocycles. The minimum Gasteiger partial charge on any atom is -0.444 e. The number of carbonyl (C=O) groups excluding carboxylic acids is 1. The lowest BCUT2D eigenvalue weighted by atomic mass is 10.0. The van der Waals surface area contributed by atoms with E-state index in [9.17, 15) is 4.79 Å². The average molecular weight is 239 g/mol. The maximum absolute atomic E-state index is 12.1. The van der Waals surface area contributed by atoms with E-state index in [0.717, 1.165) is 25.8 Å². The molecule has 1 fully saturated rings. The molecule has 1 unspecified atom stereocenters. The topological polar surface area (TPSA) is 29.5 Å². The third-order valence-electron chi connectivity index (χ3n) is 2.77. The Morgan fingerprint density at radius 3 is 2.71 bits per heavy atom. The summed E-state index contributed by atoms with van der Waals surface area (Å²) in [5.41, 5.74) is -0.409. The smallest absolute Gasteiger partial charge is 0.410 e. The summed E-state index contributed by atoms with van der Waals surface area (Å²) in [5.74, 6) is 0. The van der Waals surface area contributed by atoms with E-state index in [1.165, 1.54) is 6.42 Å². The number of likely N-dealkylation sites (tertiary alicyclic amines) is 1. The molecule has 0 saturated carbocycles. The predicted molar refractivity (Wildman–Crippen MR) is 70.0 cm³/mol. The summed E-state index contributed by atoms with van der Waals surface area (Å²) in [7, 11) is 0. The Morgan fingerprint density at radius 1 is 1.41 bits per heavy atom. The first-order chi connectivity index (χ1) is 7.94. The maximum Gasteiger partial charge on any atom is 0.410 e. The highest BCUT2D eigenvalue weighted by atomic mass is 16.6. The molecule has 1 atom stereocenters. The Balaban J connectivity index is 2.64. The van der Waals surface area contributed by atoms with E-state index in [1.807, 2.05) is 25.7 Å². The van der Waals surface area contributed by atoms with E-state index in [0.29, 0.717) is 0 Å². The van der Waals surface area contributed by atoms with Crippen LogP contribution in [0.4, 0.5) is 4.79 Å². The van der Waals surface area contributed by atoms with Crippen molar-refractivity contribution < 1.29 is 9.53 Å². The van der Waals surface area contributed by atoms with Gasteiger partial charge in [0.15, 0.2) is 0 Å². The average Bonchev–Trinajstić information content (AvgIpc) is 2.24. The lowest BCUT2D eigenvalue weighted by Gasteiger charge is -2.35. The van der Waals surface area contributed by atoms with Crippen molar-refractivity contribution in [1.82, 2.24) is 4.90 Å². The SMILES string of the molecule is CCC=CC1CCCCN1C(=O)OC(C)(C)C. The van der Waals surface area contributed by atoms with E-state index in [4.69, 9.17) is 4.74 Å². The summed E-state index contributed by atoms with van der Waals surface area (Å²) in [4.78, 5) is 13.9. The molecule has 0 aromatic carbocycles. The molecule has 3 heteroatoms. The molecule has 0 spiro atoms. The van der Waals surface area contributed by atoms with Crippen LogP contribution in [-0.4, -0.2) is 29.2 Å². The van der Waals surface area contributed by atoms with E-state index in [-0.39, 0.29) is 12.1 Å². The van der Waals surface area contributed by atoms with Crippen molar-refractivity contribution in [2.24, 2.45) is 0 Å². The predicted octanol–water partition coefficient (Wildman–Crippen LogP) is 3.74. The normalized spacial score (nSPS) is 21.9. The number of ether oxygens (including phenoxy) is 1. The monoisotopic (exact) mass is 239 g/mol. The van der Waals surface area contributed by atoms with Crippen LogP contribution in [-0.2, 0) is 4.74 Å². The fourth-order valence-electron chi connectivity index (χ4n) is 2.00. The number of rotatable bonds is 2. The van der Waals surface area contributed by atoms with Crippen molar-refractivity contribution in [2.45, 2.75) is 65.0 Å². The number of allylic oxidation sites excluding steroid dienone is 1. The Bertz CT molecular complexity index is 278. The molecule has 1 amide bonds. The van der Waals surface area contributed by atoms with Gasteiger partial charge in [-0.05, 0) is 46.5 Å². The number of hydrogen-bond acceptors (Lipinski definition) is 2. The minimum atomic E-state index is -0.409. The van der Waals surface area contributed by atoms with E-state index in [1.54, 1.807) is 0 Å². The highest BCUT2D eigenvalue weighted by molar-refractivity contribution is 5.69. The van der Waals surface area contributed by atoms with Crippen LogP contribution >= 0.6 is 0 Å². The zero-order valence-electron chi connectivity index (χ0n) is 11.5. The van der Waals surface area contributed by atoms with Gasteiger partial charge in [-0.1, -0.05) is 19.1 Å². The molecule has 1 saturated heterocycles. The van der Waals surface area contributed by atoms with Crippen molar-refractivity contribution >= 4 is 6.09 Å². The highest BCUT2D eigenvalue weighted by Crippen LogP contribution is 2.21. The van der Waals surface area contributed by atoms with E-state index < -0.39 is 5.60 Å². The van der Waals surface area contributed by atoms with Crippen molar-refractivity contribution in [1.29, 1.82) is 0 Å². The Kier molecular flexibility index (Phi) is 5.03. The maximum atomic E-state index is 12.1. The molecule has 98 valence electrons. The molecule has 0 N–H and O–H groups in total. The molecular weight excluding hydrogens is 214 g/mol. The zero-order valence-corrected chi connectivity index (χ0v) is 11.5. The van der Waals surface area contributed by atoms with Gasteiger partial charge in [0.25, 0.3) is 0 Å². The fraction of sp³-hybridized carbons (Fsp3) is 0.786. The van der Waals surface area contributed by atoms with E-state index >= 15 is 0 Å². The number of amides is 1. The van der Waals surface area contributed by atoms with Gasteiger partial charge in [-0.15, -0.1) is 0 Å². The van der Waals surface area contributed by atoms with Crippen LogP contribution < -0.4 is 0 Å². The van der Waals surface area contributed by atoms with Gasteiger partial charge in [0.1, 0.15) is 5.60 Å². The molecular formula is C14H25NO2. The van der Waals surface area contributed by atoms with Gasteiger partial charge in [0.2, 0.25) is 0 Å². The molecule has 1 rings (SSSR count). The fourth-order valence-corrected chi connectivity index (χ4v) is 2.00. The van der Waals surface area contributed by atoms with Gasteiger partial charge in [0, 0.05) is 6.54 Å². The molecule has 0 bridgehead atoms. The summed E-state index contributed by atoms with van der Waals surface area (Å²) in [5, 5.41) is 0. The standard InChI is InChI=1S/C14H25NO2/c1-5-6-9-12-10-7-8-11-15(12)13(16)17-14(2,3)4/h6,9,12H,5,7-8,10-11H2,1-4H3. The summed E-state index contributed by atoms with van der Waals surface area (Å²) < 4.78 is 5.44. The van der Waals surface area contributed by atoms with Crippen LogP contribution in [0.25, 0.3) is 0 Å². The molecule has 0 aliphatic carbocycles. The van der Waals surface area contributed by atoms with Gasteiger partial charge in [-0.25, -0.2) is 4.79 Å². The van der Waals surface area contributed by atoms with Crippen LogP contribution in [0, 0.1) is 0 Å². The van der Waals surface area contributed by atoms with Crippen LogP contribution in [0.2, 0.25) is 0 Å². The lowest BCUT2D eigenvalue weighted by Crippen LogP contribution is -2.45. The molecule has 1 aliphatic heterocycles. The largest absolute Gasteiger partial charge is 0.444 e. The number of carbonyl (C=O) groups is 1. The second-order valence-corrected chi connectivity index (χ2v) is 5.57. The third kappa shape index (κ3) is 4.80. The molecule has 17 heavy (non-hydrogen) atoms. The van der Waals surface area contributed by atoms with Crippen molar-refractivity contribution in [2.75, 3.05) is 6.54 Å². The second-order valence-electron chi connectivity index (χ2n) is 5.57. The van der Waals surface area contributed by atoms with Gasteiger partial charge < -0.3 is 9.64 Å². The Hall–Kier alpha value is -0.990. The first kappa shape index (κ1) is 14.1. The number of nitrogens with zero attached hydrogens (tertiary/aromatic N) is 1. The Labute approximate surface area is 105 Å². The summed E-state index contributed by atoms with van der Waals surface area (Å²) in [6, 6.07) is 0.221. The molecule has 1 aliphatic rings. The molecule has 3 nitrogen and oxygen atoms in total. The van der Waals surface area contributed by atoms with Gasteiger partial charge in [-0.2, -0.15) is 0 Å². The first-order valence-corrected chi connectivity index (χ1v) is 6.60. The third-order valence-corrected chi connectivity index (χ3v) is 2.77.